The molecule has 1 saturated heterocycles. The van der Waals surface area contributed by atoms with Gasteiger partial charge in [-0.2, -0.15) is 0 Å². The summed E-state index contributed by atoms with van der Waals surface area (Å²) >= 11 is 0. The topological polar surface area (TPSA) is 98.8 Å². The number of aryl methyl sites for hydroxylation is 1. The van der Waals surface area contributed by atoms with Gasteiger partial charge in [0, 0.05) is 5.69 Å². The number of urea groups is 1. The molecular formula is C21H19F3N4O4. The molecule has 11 heteroatoms. The standard InChI is InChI=1S/C21H19F3N4O4/c1-11-3-5-13(6-4-11)28-12(2)20(31)27(21(28)32)10-17(30)25-9-16(29)26-15-8-7-14(22)18(23)19(15)24/h3-8,12H,9-10H2,1-2H3,(H,25,30)(H,26,29)/t12-/m1/s1. The van der Waals surface area contributed by atoms with Crippen LogP contribution in [0.1, 0.15) is 12.5 Å². The third kappa shape index (κ3) is 4.56. The number of carbonyl (C=O) groups is 4. The summed E-state index contributed by atoms with van der Waals surface area (Å²) in [4.78, 5) is 51.2. The lowest BCUT2D eigenvalue weighted by Gasteiger charge is -2.19. The van der Waals surface area contributed by atoms with Crippen LogP contribution in [0, 0.1) is 24.4 Å². The van der Waals surface area contributed by atoms with E-state index in [-0.39, 0.29) is 0 Å². The molecule has 2 aromatic rings. The number of hydrogen-bond donors (Lipinski definition) is 2. The van der Waals surface area contributed by atoms with Gasteiger partial charge in [0.1, 0.15) is 12.6 Å². The van der Waals surface area contributed by atoms with Gasteiger partial charge in [-0.3, -0.25) is 24.2 Å². The zero-order valence-electron chi connectivity index (χ0n) is 17.1. The van der Waals surface area contributed by atoms with Crippen LogP contribution in [0.25, 0.3) is 0 Å². The molecular weight excluding hydrogens is 429 g/mol. The average molecular weight is 448 g/mol. The molecule has 1 heterocycles. The molecule has 0 saturated carbocycles. The van der Waals surface area contributed by atoms with E-state index < -0.39 is 66.0 Å². The van der Waals surface area contributed by atoms with Crippen LogP contribution in [0.3, 0.4) is 0 Å². The fourth-order valence-corrected chi connectivity index (χ4v) is 3.11. The minimum atomic E-state index is -1.75. The SMILES string of the molecule is Cc1ccc(N2C(=O)N(CC(=O)NCC(=O)Nc3ccc(F)c(F)c3F)C(=O)[C@H]2C)cc1. The Balaban J connectivity index is 1.58. The van der Waals surface area contributed by atoms with Gasteiger partial charge in [0.2, 0.25) is 11.8 Å². The summed E-state index contributed by atoms with van der Waals surface area (Å²) in [5.74, 6) is -7.06. The molecule has 5 amide bonds. The third-order valence-corrected chi connectivity index (χ3v) is 4.82. The maximum absolute atomic E-state index is 13.6. The molecule has 0 aromatic heterocycles. The van der Waals surface area contributed by atoms with E-state index in [0.717, 1.165) is 16.5 Å². The molecule has 32 heavy (non-hydrogen) atoms. The van der Waals surface area contributed by atoms with Crippen LogP contribution in [-0.4, -0.2) is 47.8 Å². The first-order valence-corrected chi connectivity index (χ1v) is 9.51. The average Bonchev–Trinajstić information content (AvgIpc) is 2.96. The molecule has 168 valence electrons. The van der Waals surface area contributed by atoms with E-state index in [1.54, 1.807) is 24.3 Å². The lowest BCUT2D eigenvalue weighted by molar-refractivity contribution is -0.132. The highest BCUT2D eigenvalue weighted by molar-refractivity contribution is 6.15. The van der Waals surface area contributed by atoms with Crippen molar-refractivity contribution in [1.82, 2.24) is 10.2 Å². The predicted molar refractivity (Wildman–Crippen MR) is 108 cm³/mol. The van der Waals surface area contributed by atoms with Crippen LogP contribution in [0.5, 0.6) is 0 Å². The first-order valence-electron chi connectivity index (χ1n) is 9.51. The molecule has 0 unspecified atom stereocenters. The Morgan fingerprint density at radius 1 is 0.969 bits per heavy atom. The van der Waals surface area contributed by atoms with Gasteiger partial charge in [-0.05, 0) is 38.1 Å². The lowest BCUT2D eigenvalue weighted by Crippen LogP contribution is -2.43. The number of hydrogen-bond acceptors (Lipinski definition) is 4. The molecule has 0 aliphatic carbocycles. The van der Waals surface area contributed by atoms with Gasteiger partial charge in [-0.25, -0.2) is 18.0 Å². The lowest BCUT2D eigenvalue weighted by atomic mass is 10.2. The van der Waals surface area contributed by atoms with Crippen LogP contribution in [0.2, 0.25) is 0 Å². The van der Waals surface area contributed by atoms with Gasteiger partial charge in [-0.15, -0.1) is 0 Å². The van der Waals surface area contributed by atoms with Crippen molar-refractivity contribution in [2.75, 3.05) is 23.3 Å². The number of nitrogens with zero attached hydrogens (tertiary/aromatic N) is 2. The molecule has 1 aliphatic heterocycles. The maximum atomic E-state index is 13.6. The van der Waals surface area contributed by atoms with E-state index in [1.807, 2.05) is 12.2 Å². The molecule has 0 spiro atoms. The second kappa shape index (κ2) is 9.08. The minimum absolute atomic E-state index is 0.497. The molecule has 0 radical (unpaired) electrons. The monoisotopic (exact) mass is 448 g/mol. The second-order valence-corrected chi connectivity index (χ2v) is 7.14. The Kier molecular flexibility index (Phi) is 6.47. The van der Waals surface area contributed by atoms with Crippen LogP contribution < -0.4 is 15.5 Å². The van der Waals surface area contributed by atoms with Crippen LogP contribution >= 0.6 is 0 Å². The van der Waals surface area contributed by atoms with Crippen LogP contribution in [0.15, 0.2) is 36.4 Å². The molecule has 1 fully saturated rings. The Bertz CT molecular complexity index is 1090. The van der Waals surface area contributed by atoms with E-state index in [4.69, 9.17) is 0 Å². The van der Waals surface area contributed by atoms with E-state index in [1.165, 1.54) is 11.8 Å². The van der Waals surface area contributed by atoms with E-state index in [0.29, 0.717) is 11.8 Å². The summed E-state index contributed by atoms with van der Waals surface area (Å²) in [6.45, 7) is 2.13. The quantitative estimate of drug-likeness (QED) is 0.524. The highest BCUT2D eigenvalue weighted by Crippen LogP contribution is 2.26. The van der Waals surface area contributed by atoms with E-state index >= 15 is 0 Å². The van der Waals surface area contributed by atoms with Crippen molar-refractivity contribution < 1.29 is 32.3 Å². The Morgan fingerprint density at radius 2 is 1.62 bits per heavy atom. The minimum Gasteiger partial charge on any atom is -0.345 e. The molecule has 2 N–H and O–H groups in total. The Labute approximate surface area is 181 Å². The van der Waals surface area contributed by atoms with Crippen molar-refractivity contribution in [3.8, 4) is 0 Å². The second-order valence-electron chi connectivity index (χ2n) is 7.14. The fourth-order valence-electron chi connectivity index (χ4n) is 3.11. The number of imide groups is 1. The normalized spacial score (nSPS) is 15.8. The third-order valence-electron chi connectivity index (χ3n) is 4.82. The zero-order valence-corrected chi connectivity index (χ0v) is 17.1. The number of rotatable bonds is 6. The van der Waals surface area contributed by atoms with Crippen molar-refractivity contribution >= 4 is 35.1 Å². The number of halogens is 3. The van der Waals surface area contributed by atoms with Crippen molar-refractivity contribution in [2.24, 2.45) is 0 Å². The van der Waals surface area contributed by atoms with Gasteiger partial charge < -0.3 is 10.6 Å². The summed E-state index contributed by atoms with van der Waals surface area (Å²) in [5.41, 5.74) is 0.866. The zero-order chi connectivity index (χ0) is 23.6. The van der Waals surface area contributed by atoms with E-state index in [2.05, 4.69) is 5.32 Å². The van der Waals surface area contributed by atoms with E-state index in [9.17, 15) is 32.3 Å². The predicted octanol–water partition coefficient (Wildman–Crippen LogP) is 2.32. The highest BCUT2D eigenvalue weighted by atomic mass is 19.2. The van der Waals surface area contributed by atoms with Crippen molar-refractivity contribution in [3.63, 3.8) is 0 Å². The highest BCUT2D eigenvalue weighted by Gasteiger charge is 2.44. The maximum Gasteiger partial charge on any atom is 0.332 e. The summed E-state index contributed by atoms with van der Waals surface area (Å²) in [6.07, 6.45) is 0. The van der Waals surface area contributed by atoms with Gasteiger partial charge >= 0.3 is 6.03 Å². The van der Waals surface area contributed by atoms with Crippen LogP contribution in [-0.2, 0) is 14.4 Å². The molecule has 2 aromatic carbocycles. The van der Waals surface area contributed by atoms with Gasteiger partial charge in [0.05, 0.1) is 12.2 Å². The first kappa shape index (κ1) is 22.8. The first-order chi connectivity index (χ1) is 15.1. The summed E-state index contributed by atoms with van der Waals surface area (Å²) < 4.78 is 39.8. The van der Waals surface area contributed by atoms with Crippen LogP contribution in [0.4, 0.5) is 29.3 Å². The fraction of sp³-hybridized carbons (Fsp3) is 0.238. The summed E-state index contributed by atoms with van der Waals surface area (Å²) in [5, 5.41) is 4.18. The number of benzene rings is 2. The Hall–Kier alpha value is -3.89. The van der Waals surface area contributed by atoms with Crippen molar-refractivity contribution in [3.05, 3.63) is 59.4 Å². The number of carbonyl (C=O) groups excluding carboxylic acids is 4. The molecule has 0 bridgehead atoms. The summed E-state index contributed by atoms with van der Waals surface area (Å²) in [6, 6.07) is 6.89. The van der Waals surface area contributed by atoms with Gasteiger partial charge in [-0.1, -0.05) is 17.7 Å². The summed E-state index contributed by atoms with van der Waals surface area (Å²) in [7, 11) is 0. The largest absolute Gasteiger partial charge is 0.345 e. The molecule has 8 nitrogen and oxygen atoms in total. The van der Waals surface area contributed by atoms with Gasteiger partial charge in [0.25, 0.3) is 5.91 Å². The number of nitrogens with one attached hydrogen (secondary N) is 2. The van der Waals surface area contributed by atoms with Crippen molar-refractivity contribution in [2.45, 2.75) is 19.9 Å². The smallest absolute Gasteiger partial charge is 0.332 e. The molecule has 3 rings (SSSR count). The molecule has 1 atom stereocenters. The van der Waals surface area contributed by atoms with Gasteiger partial charge in [0.15, 0.2) is 17.5 Å². The number of amides is 5. The van der Waals surface area contributed by atoms with Crippen molar-refractivity contribution in [1.29, 1.82) is 0 Å². The molecule has 1 aliphatic rings. The number of anilines is 2. The Morgan fingerprint density at radius 3 is 2.28 bits per heavy atom.